The van der Waals surface area contributed by atoms with E-state index in [1.54, 1.807) is 19.5 Å². The summed E-state index contributed by atoms with van der Waals surface area (Å²) in [6, 6.07) is 3.71. The fraction of sp³-hybridized carbons (Fsp3) is 0.455. The number of nitrogens with zero attached hydrogens (tertiary/aromatic N) is 1. The molecule has 0 radical (unpaired) electrons. The Kier molecular flexibility index (Phi) is 5.58. The molecular weight excluding hydrogens is 192 g/mol. The Labute approximate surface area is 89.7 Å². The van der Waals surface area contributed by atoms with E-state index in [-0.39, 0.29) is 5.78 Å². The van der Waals surface area contributed by atoms with E-state index in [2.05, 4.69) is 10.3 Å². The second kappa shape index (κ2) is 7.09. The van der Waals surface area contributed by atoms with Crippen molar-refractivity contribution in [1.29, 1.82) is 0 Å². The van der Waals surface area contributed by atoms with E-state index in [1.807, 2.05) is 12.1 Å². The molecule has 0 amide bonds. The van der Waals surface area contributed by atoms with Crippen LogP contribution in [0, 0.1) is 0 Å². The number of hydrogen-bond donors (Lipinski definition) is 1. The summed E-state index contributed by atoms with van der Waals surface area (Å²) in [5, 5.41) is 3.02. The summed E-state index contributed by atoms with van der Waals surface area (Å²) in [5.74, 6) is 0.178. The molecule has 0 fully saturated rings. The molecule has 0 bridgehead atoms. The first-order valence-electron chi connectivity index (χ1n) is 4.93. The monoisotopic (exact) mass is 208 g/mol. The predicted molar refractivity (Wildman–Crippen MR) is 57.7 cm³/mol. The molecule has 0 saturated carbocycles. The molecule has 4 nitrogen and oxygen atoms in total. The van der Waals surface area contributed by atoms with Crippen LogP contribution in [0.1, 0.15) is 5.56 Å². The Morgan fingerprint density at radius 2 is 2.20 bits per heavy atom. The van der Waals surface area contributed by atoms with Crippen LogP contribution in [0.4, 0.5) is 0 Å². The van der Waals surface area contributed by atoms with E-state index in [0.717, 1.165) is 5.56 Å². The lowest BCUT2D eigenvalue weighted by atomic mass is 10.1. The van der Waals surface area contributed by atoms with Gasteiger partial charge in [0.1, 0.15) is 0 Å². The van der Waals surface area contributed by atoms with E-state index >= 15 is 0 Å². The Morgan fingerprint density at radius 3 is 2.87 bits per heavy atom. The molecule has 0 aliphatic carbocycles. The molecule has 1 rings (SSSR count). The third-order valence-electron chi connectivity index (χ3n) is 1.96. The molecule has 0 unspecified atom stereocenters. The van der Waals surface area contributed by atoms with Crippen molar-refractivity contribution in [3.63, 3.8) is 0 Å². The maximum atomic E-state index is 11.5. The third-order valence-corrected chi connectivity index (χ3v) is 1.96. The number of Topliss-reactive ketones (excluding diaryl/α,β-unsaturated/α-hetero) is 1. The molecule has 1 aromatic rings. The Hall–Kier alpha value is -1.26. The van der Waals surface area contributed by atoms with Crippen LogP contribution < -0.4 is 5.32 Å². The summed E-state index contributed by atoms with van der Waals surface area (Å²) in [5.41, 5.74) is 1.00. The zero-order chi connectivity index (χ0) is 10.9. The highest BCUT2D eigenvalue weighted by molar-refractivity contribution is 5.82. The fourth-order valence-electron chi connectivity index (χ4n) is 1.19. The average molecular weight is 208 g/mol. The van der Waals surface area contributed by atoms with Crippen molar-refractivity contribution >= 4 is 5.78 Å². The Bertz CT molecular complexity index is 288. The van der Waals surface area contributed by atoms with Gasteiger partial charge in [-0.2, -0.15) is 0 Å². The Balaban J connectivity index is 2.19. The number of ketones is 1. The first-order chi connectivity index (χ1) is 7.33. The van der Waals surface area contributed by atoms with Gasteiger partial charge in [0.25, 0.3) is 0 Å². The summed E-state index contributed by atoms with van der Waals surface area (Å²) in [6.07, 6.45) is 3.85. The fourth-order valence-corrected chi connectivity index (χ4v) is 1.19. The van der Waals surface area contributed by atoms with Crippen molar-refractivity contribution in [1.82, 2.24) is 10.3 Å². The summed E-state index contributed by atoms with van der Waals surface area (Å²) in [4.78, 5) is 15.3. The molecular formula is C11H16N2O2. The highest BCUT2D eigenvalue weighted by Crippen LogP contribution is 1.97. The van der Waals surface area contributed by atoms with Gasteiger partial charge < -0.3 is 10.1 Å². The van der Waals surface area contributed by atoms with Gasteiger partial charge in [-0.15, -0.1) is 0 Å². The van der Waals surface area contributed by atoms with Gasteiger partial charge in [-0.3, -0.25) is 9.78 Å². The minimum absolute atomic E-state index is 0.178. The number of hydrogen-bond acceptors (Lipinski definition) is 4. The van der Waals surface area contributed by atoms with Gasteiger partial charge in [0, 0.05) is 32.5 Å². The number of rotatable bonds is 7. The number of carbonyl (C=O) groups is 1. The number of ether oxygens (including phenoxy) is 1. The highest BCUT2D eigenvalue weighted by atomic mass is 16.5. The first-order valence-corrected chi connectivity index (χ1v) is 4.93. The molecule has 0 atom stereocenters. The number of carbonyl (C=O) groups excluding carboxylic acids is 1. The Morgan fingerprint density at radius 1 is 1.47 bits per heavy atom. The van der Waals surface area contributed by atoms with E-state index in [4.69, 9.17) is 4.74 Å². The normalized spacial score (nSPS) is 10.2. The van der Waals surface area contributed by atoms with E-state index < -0.39 is 0 Å². The molecule has 82 valence electrons. The zero-order valence-corrected chi connectivity index (χ0v) is 8.90. The first kappa shape index (κ1) is 11.8. The molecule has 4 heteroatoms. The van der Waals surface area contributed by atoms with Crippen LogP contribution in [0.5, 0.6) is 0 Å². The lowest BCUT2D eigenvalue weighted by Crippen LogP contribution is -2.27. The molecule has 0 aliphatic heterocycles. The van der Waals surface area contributed by atoms with Crippen LogP contribution in [0.3, 0.4) is 0 Å². The quantitative estimate of drug-likeness (QED) is 0.660. The number of nitrogens with one attached hydrogen (secondary N) is 1. The minimum atomic E-state index is 0.178. The second-order valence-electron chi connectivity index (χ2n) is 3.24. The molecule has 0 saturated heterocycles. The van der Waals surface area contributed by atoms with Crippen molar-refractivity contribution in [2.24, 2.45) is 0 Å². The van der Waals surface area contributed by atoms with E-state index in [1.165, 1.54) is 0 Å². The van der Waals surface area contributed by atoms with Crippen molar-refractivity contribution < 1.29 is 9.53 Å². The van der Waals surface area contributed by atoms with Gasteiger partial charge in [0.15, 0.2) is 5.78 Å². The predicted octanol–water partition coefficient (Wildman–Crippen LogP) is 0.429. The lowest BCUT2D eigenvalue weighted by molar-refractivity contribution is -0.117. The summed E-state index contributed by atoms with van der Waals surface area (Å²) in [6.45, 7) is 1.73. The highest BCUT2D eigenvalue weighted by Gasteiger charge is 2.02. The molecule has 0 spiro atoms. The van der Waals surface area contributed by atoms with Crippen molar-refractivity contribution in [2.75, 3.05) is 26.8 Å². The summed E-state index contributed by atoms with van der Waals surface area (Å²) in [7, 11) is 1.64. The van der Waals surface area contributed by atoms with E-state index in [9.17, 15) is 4.79 Å². The van der Waals surface area contributed by atoms with Crippen LogP contribution >= 0.6 is 0 Å². The largest absolute Gasteiger partial charge is 0.383 e. The van der Waals surface area contributed by atoms with E-state index in [0.29, 0.717) is 26.1 Å². The van der Waals surface area contributed by atoms with Crippen LogP contribution in [0.2, 0.25) is 0 Å². The number of pyridine rings is 1. The molecule has 1 N–H and O–H groups in total. The smallest absolute Gasteiger partial charge is 0.150 e. The summed E-state index contributed by atoms with van der Waals surface area (Å²) >= 11 is 0. The molecule has 0 aliphatic rings. The number of aromatic nitrogens is 1. The maximum absolute atomic E-state index is 11.5. The topological polar surface area (TPSA) is 51.2 Å². The minimum Gasteiger partial charge on any atom is -0.383 e. The SMILES string of the molecule is COCCNCC(=O)Cc1ccncc1. The van der Waals surface area contributed by atoms with Crippen LogP contribution in [0.15, 0.2) is 24.5 Å². The van der Waals surface area contributed by atoms with Gasteiger partial charge in [-0.25, -0.2) is 0 Å². The average Bonchev–Trinajstić information content (AvgIpc) is 2.26. The summed E-state index contributed by atoms with van der Waals surface area (Å²) < 4.78 is 4.86. The zero-order valence-electron chi connectivity index (χ0n) is 8.90. The van der Waals surface area contributed by atoms with Gasteiger partial charge in [0.05, 0.1) is 13.2 Å². The lowest BCUT2D eigenvalue weighted by Gasteiger charge is -2.03. The van der Waals surface area contributed by atoms with Crippen molar-refractivity contribution in [3.8, 4) is 0 Å². The van der Waals surface area contributed by atoms with Gasteiger partial charge in [-0.05, 0) is 17.7 Å². The maximum Gasteiger partial charge on any atom is 0.150 e. The van der Waals surface area contributed by atoms with Gasteiger partial charge >= 0.3 is 0 Å². The number of methoxy groups -OCH3 is 1. The van der Waals surface area contributed by atoms with Crippen molar-refractivity contribution in [2.45, 2.75) is 6.42 Å². The molecule has 15 heavy (non-hydrogen) atoms. The standard InChI is InChI=1S/C11H16N2O2/c1-15-7-6-13-9-11(14)8-10-2-4-12-5-3-10/h2-5,13H,6-9H2,1H3. The van der Waals surface area contributed by atoms with Crippen LogP contribution in [0.25, 0.3) is 0 Å². The molecule has 1 aromatic heterocycles. The molecule has 1 heterocycles. The van der Waals surface area contributed by atoms with Crippen LogP contribution in [-0.4, -0.2) is 37.6 Å². The van der Waals surface area contributed by atoms with Crippen molar-refractivity contribution in [3.05, 3.63) is 30.1 Å². The van der Waals surface area contributed by atoms with Gasteiger partial charge in [0.2, 0.25) is 0 Å². The third kappa shape index (κ3) is 5.24. The van der Waals surface area contributed by atoms with Crippen LogP contribution in [-0.2, 0) is 16.0 Å². The second-order valence-corrected chi connectivity index (χ2v) is 3.24. The van der Waals surface area contributed by atoms with Gasteiger partial charge in [-0.1, -0.05) is 0 Å². The molecule has 0 aromatic carbocycles.